The minimum Gasteiger partial charge on any atom is -0.356 e. The molecule has 1 aromatic heterocycles. The maximum Gasteiger partial charge on any atom is 0.224 e. The van der Waals surface area contributed by atoms with E-state index in [1.165, 1.54) is 83.7 Å². The highest BCUT2D eigenvalue weighted by Crippen LogP contribution is 2.27. The van der Waals surface area contributed by atoms with Crippen molar-refractivity contribution in [2.75, 3.05) is 42.9 Å². The van der Waals surface area contributed by atoms with Crippen molar-refractivity contribution in [3.63, 3.8) is 0 Å². The summed E-state index contributed by atoms with van der Waals surface area (Å²) in [6.07, 6.45) is 17.1. The van der Waals surface area contributed by atoms with E-state index in [2.05, 4.69) is 26.2 Å². The van der Waals surface area contributed by atoms with E-state index in [-0.39, 0.29) is 0 Å². The molecule has 3 heterocycles. The van der Waals surface area contributed by atoms with E-state index >= 15 is 0 Å². The van der Waals surface area contributed by atoms with Crippen LogP contribution in [0.4, 0.5) is 11.8 Å². The molecular weight excluding hydrogens is 334 g/mol. The molecule has 2 aliphatic heterocycles. The van der Waals surface area contributed by atoms with Gasteiger partial charge in [0.1, 0.15) is 5.82 Å². The van der Waals surface area contributed by atoms with E-state index in [9.17, 15) is 0 Å². The molecule has 3 aliphatic rings. The molecule has 1 N–H and O–H groups in total. The smallest absolute Gasteiger partial charge is 0.224 e. The Labute approximate surface area is 164 Å². The molecule has 3 fully saturated rings. The summed E-state index contributed by atoms with van der Waals surface area (Å²) >= 11 is 0. The van der Waals surface area contributed by atoms with Gasteiger partial charge in [-0.25, -0.2) is 4.98 Å². The second-order valence-corrected chi connectivity index (χ2v) is 8.82. The van der Waals surface area contributed by atoms with E-state index in [0.29, 0.717) is 6.04 Å². The summed E-state index contributed by atoms with van der Waals surface area (Å²) in [5, 5.41) is 3.56. The lowest BCUT2D eigenvalue weighted by atomic mass is 9.89. The summed E-state index contributed by atoms with van der Waals surface area (Å²) < 4.78 is 0. The Kier molecular flexibility index (Phi) is 6.83. The lowest BCUT2D eigenvalue weighted by Gasteiger charge is -2.31. The molecule has 0 amide bonds. The van der Waals surface area contributed by atoms with Crippen LogP contribution in [0.25, 0.3) is 0 Å². The second-order valence-electron chi connectivity index (χ2n) is 8.82. The molecule has 1 unspecified atom stereocenters. The quantitative estimate of drug-likeness (QED) is 0.807. The van der Waals surface area contributed by atoms with Crippen LogP contribution in [0.3, 0.4) is 0 Å². The van der Waals surface area contributed by atoms with E-state index in [1.54, 1.807) is 0 Å². The van der Waals surface area contributed by atoms with Gasteiger partial charge in [-0.2, -0.15) is 4.98 Å². The SMILES string of the molecule is c1cc(N2CCCCCC2)nc(NCC2CCCN2CC2CCCCC2)n1. The van der Waals surface area contributed by atoms with Crippen LogP contribution < -0.4 is 10.2 Å². The van der Waals surface area contributed by atoms with Gasteiger partial charge >= 0.3 is 0 Å². The number of hydrogen-bond acceptors (Lipinski definition) is 5. The fraction of sp³-hybridized carbons (Fsp3) is 0.818. The van der Waals surface area contributed by atoms with Gasteiger partial charge in [-0.3, -0.25) is 4.90 Å². The number of aromatic nitrogens is 2. The van der Waals surface area contributed by atoms with Crippen LogP contribution in [0.5, 0.6) is 0 Å². The molecule has 0 spiro atoms. The van der Waals surface area contributed by atoms with Crippen molar-refractivity contribution in [1.82, 2.24) is 14.9 Å². The van der Waals surface area contributed by atoms with Crippen molar-refractivity contribution >= 4 is 11.8 Å². The summed E-state index contributed by atoms with van der Waals surface area (Å²) in [6, 6.07) is 2.72. The number of rotatable bonds is 6. The predicted molar refractivity (Wildman–Crippen MR) is 112 cm³/mol. The van der Waals surface area contributed by atoms with Crippen LogP contribution in [0.1, 0.15) is 70.6 Å². The molecule has 0 radical (unpaired) electrons. The summed E-state index contributed by atoms with van der Waals surface area (Å²) in [5.41, 5.74) is 0. The van der Waals surface area contributed by atoms with Crippen molar-refractivity contribution in [3.8, 4) is 0 Å². The lowest BCUT2D eigenvalue weighted by Crippen LogP contribution is -2.38. The second kappa shape index (κ2) is 9.72. The van der Waals surface area contributed by atoms with Gasteiger partial charge < -0.3 is 10.2 Å². The van der Waals surface area contributed by atoms with Gasteiger partial charge in [-0.1, -0.05) is 32.1 Å². The number of nitrogens with zero attached hydrogens (tertiary/aromatic N) is 4. The van der Waals surface area contributed by atoms with Crippen molar-refractivity contribution in [2.45, 2.75) is 76.7 Å². The lowest BCUT2D eigenvalue weighted by molar-refractivity contribution is 0.192. The third kappa shape index (κ3) is 5.34. The third-order valence-corrected chi connectivity index (χ3v) is 6.78. The van der Waals surface area contributed by atoms with Gasteiger partial charge in [0.2, 0.25) is 5.95 Å². The molecule has 1 aromatic rings. The van der Waals surface area contributed by atoms with Crippen molar-refractivity contribution in [3.05, 3.63) is 12.3 Å². The monoisotopic (exact) mass is 371 g/mol. The number of anilines is 2. The molecule has 0 aromatic carbocycles. The molecule has 1 atom stereocenters. The normalized spacial score (nSPS) is 25.5. The first-order valence-electron chi connectivity index (χ1n) is 11.4. The summed E-state index contributed by atoms with van der Waals surface area (Å²) in [5.74, 6) is 2.84. The van der Waals surface area contributed by atoms with Gasteiger partial charge in [0.15, 0.2) is 0 Å². The molecule has 0 bridgehead atoms. The maximum absolute atomic E-state index is 4.82. The van der Waals surface area contributed by atoms with Crippen LogP contribution in [0, 0.1) is 5.92 Å². The van der Waals surface area contributed by atoms with Gasteiger partial charge in [-0.15, -0.1) is 0 Å². The van der Waals surface area contributed by atoms with E-state index in [0.717, 1.165) is 37.3 Å². The molecule has 1 saturated carbocycles. The van der Waals surface area contributed by atoms with E-state index in [1.807, 2.05) is 6.20 Å². The van der Waals surface area contributed by atoms with Crippen molar-refractivity contribution < 1.29 is 0 Å². The third-order valence-electron chi connectivity index (χ3n) is 6.78. The first-order chi connectivity index (χ1) is 13.4. The van der Waals surface area contributed by atoms with E-state index in [4.69, 9.17) is 4.98 Å². The average Bonchev–Trinajstić information content (AvgIpc) is 2.97. The Bertz CT molecular complexity index is 564. The minimum absolute atomic E-state index is 0.650. The fourth-order valence-corrected chi connectivity index (χ4v) is 5.19. The zero-order chi connectivity index (χ0) is 18.3. The van der Waals surface area contributed by atoms with Gasteiger partial charge in [-0.05, 0) is 57.1 Å². The molecule has 27 heavy (non-hydrogen) atoms. The number of hydrogen-bond donors (Lipinski definition) is 1. The molecule has 4 rings (SSSR count). The maximum atomic E-state index is 4.82. The first-order valence-corrected chi connectivity index (χ1v) is 11.4. The summed E-state index contributed by atoms with van der Waals surface area (Å²) in [4.78, 5) is 14.5. The Morgan fingerprint density at radius 3 is 2.48 bits per heavy atom. The first kappa shape index (κ1) is 19.0. The van der Waals surface area contributed by atoms with Crippen LogP contribution >= 0.6 is 0 Å². The summed E-state index contributed by atoms with van der Waals surface area (Å²) in [7, 11) is 0. The van der Waals surface area contributed by atoms with Crippen molar-refractivity contribution in [2.24, 2.45) is 5.92 Å². The highest BCUT2D eigenvalue weighted by atomic mass is 15.2. The Hall–Kier alpha value is -1.36. The number of nitrogens with one attached hydrogen (secondary N) is 1. The van der Waals surface area contributed by atoms with E-state index < -0.39 is 0 Å². The van der Waals surface area contributed by atoms with Gasteiger partial charge in [0.25, 0.3) is 0 Å². The Balaban J connectivity index is 1.30. The zero-order valence-corrected chi connectivity index (χ0v) is 16.9. The van der Waals surface area contributed by atoms with Gasteiger partial charge in [0.05, 0.1) is 0 Å². The molecule has 5 heteroatoms. The molecule has 2 saturated heterocycles. The topological polar surface area (TPSA) is 44.3 Å². The van der Waals surface area contributed by atoms with Gasteiger partial charge in [0, 0.05) is 38.4 Å². The standard InChI is InChI=1S/C22H37N5/c1-2-7-15-26(14-6-1)21-12-13-23-22(25-21)24-17-20-11-8-16-27(20)18-19-9-4-3-5-10-19/h12-13,19-20H,1-11,14-18H2,(H,23,24,25). The minimum atomic E-state index is 0.650. The van der Waals surface area contributed by atoms with Crippen LogP contribution in [-0.4, -0.2) is 53.6 Å². The largest absolute Gasteiger partial charge is 0.356 e. The summed E-state index contributed by atoms with van der Waals surface area (Å²) in [6.45, 7) is 5.83. The van der Waals surface area contributed by atoms with Crippen LogP contribution in [-0.2, 0) is 0 Å². The zero-order valence-electron chi connectivity index (χ0n) is 16.9. The predicted octanol–water partition coefficient (Wildman–Crippen LogP) is 4.31. The van der Waals surface area contributed by atoms with Crippen LogP contribution in [0.2, 0.25) is 0 Å². The number of likely N-dealkylation sites (tertiary alicyclic amines) is 1. The fourth-order valence-electron chi connectivity index (χ4n) is 5.19. The Morgan fingerprint density at radius 2 is 1.67 bits per heavy atom. The highest BCUT2D eigenvalue weighted by molar-refractivity contribution is 5.42. The van der Waals surface area contributed by atoms with Crippen molar-refractivity contribution in [1.29, 1.82) is 0 Å². The Morgan fingerprint density at radius 1 is 0.889 bits per heavy atom. The molecule has 150 valence electrons. The molecule has 5 nitrogen and oxygen atoms in total. The van der Waals surface area contributed by atoms with Crippen LogP contribution in [0.15, 0.2) is 12.3 Å². The molecular formula is C22H37N5. The molecule has 1 aliphatic carbocycles. The average molecular weight is 372 g/mol. The highest BCUT2D eigenvalue weighted by Gasteiger charge is 2.27.